The monoisotopic (exact) mass is 600 g/mol. The molecule has 5 rings (SSSR count). The predicted molar refractivity (Wildman–Crippen MR) is 172 cm³/mol. The van der Waals surface area contributed by atoms with Crippen molar-refractivity contribution in [1.29, 1.82) is 5.26 Å². The van der Waals surface area contributed by atoms with Crippen molar-refractivity contribution < 1.29 is 4.79 Å². The molecule has 0 radical (unpaired) electrons. The maximum absolute atomic E-state index is 12.7. The second kappa shape index (κ2) is 13.4. The maximum atomic E-state index is 12.7. The number of benzene rings is 1. The normalized spacial score (nSPS) is 26.9. The van der Waals surface area contributed by atoms with Gasteiger partial charge in [-0.15, -0.1) is 0 Å². The van der Waals surface area contributed by atoms with Crippen LogP contribution in [0.2, 0.25) is 0 Å². The van der Waals surface area contributed by atoms with Crippen LogP contribution < -0.4 is 21.6 Å². The Morgan fingerprint density at radius 3 is 2.73 bits per heavy atom. The highest BCUT2D eigenvalue weighted by atomic mass is 16.2. The van der Waals surface area contributed by atoms with Crippen LogP contribution >= 0.6 is 0 Å². The Hall–Kier alpha value is -3.84. The Kier molecular flexibility index (Phi) is 9.64. The first kappa shape index (κ1) is 31.6. The molecule has 2 heterocycles. The van der Waals surface area contributed by atoms with Gasteiger partial charge in [0.1, 0.15) is 11.9 Å². The van der Waals surface area contributed by atoms with Crippen molar-refractivity contribution in [3.63, 3.8) is 0 Å². The summed E-state index contributed by atoms with van der Waals surface area (Å²) in [6.07, 6.45) is 8.31. The number of H-pyrrole nitrogens is 2. The highest BCUT2D eigenvalue weighted by molar-refractivity contribution is 5.94. The lowest BCUT2D eigenvalue weighted by molar-refractivity contribution is 0.0962. The largest absolute Gasteiger partial charge is 0.392 e. The minimum atomic E-state index is -0.583. The molecule has 0 spiro atoms. The van der Waals surface area contributed by atoms with Crippen LogP contribution in [-0.2, 0) is 11.8 Å². The Morgan fingerprint density at radius 2 is 2.05 bits per heavy atom. The number of nitrogens with zero attached hydrogens (tertiary/aromatic N) is 3. The summed E-state index contributed by atoms with van der Waals surface area (Å²) < 4.78 is 0. The van der Waals surface area contributed by atoms with Gasteiger partial charge < -0.3 is 20.9 Å². The third-order valence-corrected chi connectivity index (χ3v) is 10.7. The maximum Gasteiger partial charge on any atom is 0.340 e. The van der Waals surface area contributed by atoms with Crippen LogP contribution in [0.3, 0.4) is 0 Å². The first-order valence-corrected chi connectivity index (χ1v) is 16.2. The molecule has 236 valence electrons. The molecule has 3 aliphatic rings. The van der Waals surface area contributed by atoms with Crippen molar-refractivity contribution in [2.24, 2.45) is 17.8 Å². The van der Waals surface area contributed by atoms with E-state index < -0.39 is 5.41 Å². The number of aryl methyl sites for hydroxylation is 1. The number of carbonyl (C=O) groups excluding carboxylic acids is 1. The third kappa shape index (κ3) is 5.94. The smallest absolute Gasteiger partial charge is 0.340 e. The molecule has 10 nitrogen and oxygen atoms in total. The molecule has 0 bridgehead atoms. The van der Waals surface area contributed by atoms with Gasteiger partial charge in [0.2, 0.25) is 0 Å². The van der Waals surface area contributed by atoms with Gasteiger partial charge in [0.15, 0.2) is 0 Å². The molecule has 1 aliphatic heterocycles. The van der Waals surface area contributed by atoms with E-state index in [4.69, 9.17) is 0 Å². The molecule has 5 N–H and O–H groups in total. The summed E-state index contributed by atoms with van der Waals surface area (Å²) in [7, 11) is 3.60. The van der Waals surface area contributed by atoms with Gasteiger partial charge in [-0.3, -0.25) is 9.78 Å². The molecule has 6 atom stereocenters. The molecule has 1 saturated heterocycles. The lowest BCUT2D eigenvalue weighted by Gasteiger charge is -2.48. The summed E-state index contributed by atoms with van der Waals surface area (Å²) in [5, 5.41) is 26.8. The lowest BCUT2D eigenvalue weighted by atomic mass is 9.56. The molecule has 5 unspecified atom stereocenters. The fraction of sp³-hybridized carbons (Fsp3) is 0.588. The van der Waals surface area contributed by atoms with Crippen molar-refractivity contribution in [3.05, 3.63) is 75.8 Å². The van der Waals surface area contributed by atoms with Gasteiger partial charge in [0, 0.05) is 50.2 Å². The second-order valence-electron chi connectivity index (χ2n) is 12.9. The van der Waals surface area contributed by atoms with Crippen LogP contribution in [0, 0.1) is 29.1 Å². The zero-order valence-corrected chi connectivity index (χ0v) is 26.5. The SMILES string of the molecule is C=C(NC)[C@H]1CCC2C(CCc3cc(C(=O)NC)ccc3C2(CC(CC)NCC(=C)N2CCCC2C#N)c2n[nH]c(=O)[nH]2)C1. The molecule has 44 heavy (non-hydrogen) atoms. The van der Waals surface area contributed by atoms with Crippen LogP contribution in [0.15, 0.2) is 47.5 Å². The van der Waals surface area contributed by atoms with Gasteiger partial charge in [-0.25, -0.2) is 9.89 Å². The van der Waals surface area contributed by atoms with E-state index >= 15 is 0 Å². The number of hydrogen-bond acceptors (Lipinski definition) is 7. The summed E-state index contributed by atoms with van der Waals surface area (Å²) in [5.74, 6) is 1.56. The number of hydrogen-bond donors (Lipinski definition) is 5. The molecule has 2 aliphatic carbocycles. The minimum absolute atomic E-state index is 0.0882. The van der Waals surface area contributed by atoms with Gasteiger partial charge in [-0.2, -0.15) is 10.4 Å². The number of likely N-dealkylation sites (tertiary alicyclic amines) is 1. The lowest BCUT2D eigenvalue weighted by Crippen LogP contribution is -2.49. The molecular formula is C34H48N8O2. The number of nitrogens with one attached hydrogen (secondary N) is 5. The van der Waals surface area contributed by atoms with E-state index in [1.807, 2.05) is 19.2 Å². The predicted octanol–water partition coefficient (Wildman–Crippen LogP) is 3.72. The Labute approximate surface area is 260 Å². The number of fused-ring (bicyclic) bond motifs is 2. The van der Waals surface area contributed by atoms with E-state index in [1.165, 1.54) is 0 Å². The Bertz CT molecular complexity index is 1470. The molecule has 10 heteroatoms. The van der Waals surface area contributed by atoms with Crippen molar-refractivity contribution >= 4 is 5.91 Å². The summed E-state index contributed by atoms with van der Waals surface area (Å²) >= 11 is 0. The average Bonchev–Trinajstić information content (AvgIpc) is 3.69. The molecule has 1 saturated carbocycles. The average molecular weight is 601 g/mol. The number of allylic oxidation sites excluding steroid dienone is 1. The number of aromatic amines is 2. The highest BCUT2D eigenvalue weighted by Crippen LogP contribution is 2.55. The van der Waals surface area contributed by atoms with Crippen LogP contribution in [0.1, 0.15) is 85.6 Å². The Balaban J connectivity index is 1.57. The fourth-order valence-electron chi connectivity index (χ4n) is 8.35. The van der Waals surface area contributed by atoms with Gasteiger partial charge in [-0.1, -0.05) is 26.1 Å². The first-order chi connectivity index (χ1) is 21.2. The number of rotatable bonds is 11. The summed E-state index contributed by atoms with van der Waals surface area (Å²) in [6.45, 7) is 12.3. The summed E-state index contributed by atoms with van der Waals surface area (Å²) in [5.41, 5.74) is 4.05. The first-order valence-electron chi connectivity index (χ1n) is 16.2. The summed E-state index contributed by atoms with van der Waals surface area (Å²) in [4.78, 5) is 30.6. The number of nitriles is 1. The quantitative estimate of drug-likeness (QED) is 0.265. The van der Waals surface area contributed by atoms with Crippen molar-refractivity contribution in [1.82, 2.24) is 36.0 Å². The fourth-order valence-corrected chi connectivity index (χ4v) is 8.35. The zero-order chi connectivity index (χ0) is 31.4. The van der Waals surface area contributed by atoms with Crippen molar-refractivity contribution in [3.8, 4) is 6.07 Å². The number of aromatic nitrogens is 3. The standard InChI is InChI=1S/C34H48N8O2/c1-6-27(38-20-21(2)42-15-7-8-28(42)19-35)18-34(32-39-33(44)41-40-32)29-13-11-23(22(3)36-4)16-24(29)9-10-25-17-26(31(43)37-5)12-14-30(25)34/h12,14,17,23-24,27-29,36,38H,2-3,6-11,13,15-16,18,20H2,1,4-5H3,(H,37,43)(H2,39,40,41,44)/t23-,24?,27?,28?,29?,34?/m0/s1. The molecular weight excluding hydrogens is 552 g/mol. The molecule has 1 amide bonds. The molecule has 2 fully saturated rings. The van der Waals surface area contributed by atoms with Crippen molar-refractivity contribution in [2.45, 2.75) is 82.2 Å². The van der Waals surface area contributed by atoms with Gasteiger partial charge in [0.25, 0.3) is 5.91 Å². The van der Waals surface area contributed by atoms with E-state index in [0.717, 1.165) is 86.9 Å². The van der Waals surface area contributed by atoms with Crippen LogP contribution in [0.5, 0.6) is 0 Å². The third-order valence-electron chi connectivity index (χ3n) is 10.7. The zero-order valence-electron chi connectivity index (χ0n) is 26.5. The van der Waals surface area contributed by atoms with Crippen LogP contribution in [0.4, 0.5) is 0 Å². The minimum Gasteiger partial charge on any atom is -0.392 e. The second-order valence-corrected chi connectivity index (χ2v) is 12.9. The number of amides is 1. The van der Waals surface area contributed by atoms with Crippen LogP contribution in [0.25, 0.3) is 0 Å². The topological polar surface area (TPSA) is 142 Å². The van der Waals surface area contributed by atoms with E-state index in [-0.39, 0.29) is 29.6 Å². The molecule has 1 aromatic heterocycles. The van der Waals surface area contributed by atoms with Gasteiger partial charge in [-0.05, 0) is 98.8 Å². The molecule has 2 aromatic rings. The van der Waals surface area contributed by atoms with Gasteiger partial charge >= 0.3 is 5.69 Å². The van der Waals surface area contributed by atoms with E-state index in [2.05, 4.69) is 68.2 Å². The Morgan fingerprint density at radius 1 is 1.23 bits per heavy atom. The van der Waals surface area contributed by atoms with E-state index in [0.29, 0.717) is 29.8 Å². The van der Waals surface area contributed by atoms with Gasteiger partial charge in [0.05, 0.1) is 11.5 Å². The number of carbonyl (C=O) groups is 1. The summed E-state index contributed by atoms with van der Waals surface area (Å²) in [6, 6.07) is 8.47. The molecule has 1 aromatic carbocycles. The van der Waals surface area contributed by atoms with E-state index in [1.54, 1.807) is 7.05 Å². The van der Waals surface area contributed by atoms with E-state index in [9.17, 15) is 14.9 Å². The van der Waals surface area contributed by atoms with Crippen molar-refractivity contribution in [2.75, 3.05) is 27.2 Å². The highest BCUT2D eigenvalue weighted by Gasteiger charge is 2.52. The van der Waals surface area contributed by atoms with Crippen LogP contribution in [-0.4, -0.2) is 65.3 Å².